The summed E-state index contributed by atoms with van der Waals surface area (Å²) in [6.45, 7) is 5.18. The molecule has 16 heavy (non-hydrogen) atoms. The van der Waals surface area contributed by atoms with Gasteiger partial charge in [-0.3, -0.25) is 0 Å². The summed E-state index contributed by atoms with van der Waals surface area (Å²) in [5.74, 6) is 0. The van der Waals surface area contributed by atoms with Gasteiger partial charge in [0.25, 0.3) is 0 Å². The molecule has 0 saturated carbocycles. The highest BCUT2D eigenvalue weighted by molar-refractivity contribution is 9.10. The summed E-state index contributed by atoms with van der Waals surface area (Å²) >= 11 is 3.01. The minimum atomic E-state index is -4.41. The highest BCUT2D eigenvalue weighted by Gasteiger charge is 2.34. The van der Waals surface area contributed by atoms with Crippen LogP contribution in [0.1, 0.15) is 24.1 Å². The SMILES string of the molecule is C=C(C)C(N)c1ccc(Br)cc1C(F)(F)F. The molecule has 1 nitrogen and oxygen atoms in total. The van der Waals surface area contributed by atoms with E-state index in [1.54, 1.807) is 6.92 Å². The van der Waals surface area contributed by atoms with Gasteiger partial charge in [-0.25, -0.2) is 0 Å². The van der Waals surface area contributed by atoms with Crippen LogP contribution in [0.4, 0.5) is 13.2 Å². The maximum Gasteiger partial charge on any atom is 0.416 e. The molecule has 5 heteroatoms. The Labute approximate surface area is 100 Å². The molecule has 0 amide bonds. The number of alkyl halides is 3. The van der Waals surface area contributed by atoms with E-state index in [1.807, 2.05) is 0 Å². The molecule has 0 aliphatic heterocycles. The third kappa shape index (κ3) is 2.86. The zero-order chi connectivity index (χ0) is 12.5. The highest BCUT2D eigenvalue weighted by atomic mass is 79.9. The molecule has 0 radical (unpaired) electrons. The van der Waals surface area contributed by atoms with Crippen molar-refractivity contribution in [3.8, 4) is 0 Å². The molecule has 0 bridgehead atoms. The lowest BCUT2D eigenvalue weighted by Crippen LogP contribution is -2.18. The van der Waals surface area contributed by atoms with Crippen LogP contribution in [0, 0.1) is 0 Å². The normalized spacial score (nSPS) is 13.6. The standard InChI is InChI=1S/C11H11BrF3N/c1-6(2)10(16)8-4-3-7(12)5-9(8)11(13,14)15/h3-5,10H,1,16H2,2H3. The smallest absolute Gasteiger partial charge is 0.321 e. The van der Waals surface area contributed by atoms with Gasteiger partial charge in [0.05, 0.1) is 11.6 Å². The molecular weight excluding hydrogens is 283 g/mol. The van der Waals surface area contributed by atoms with E-state index in [0.29, 0.717) is 10.0 Å². The van der Waals surface area contributed by atoms with Gasteiger partial charge in [0.1, 0.15) is 0 Å². The number of hydrogen-bond donors (Lipinski definition) is 1. The Morgan fingerprint density at radius 1 is 1.44 bits per heavy atom. The summed E-state index contributed by atoms with van der Waals surface area (Å²) in [4.78, 5) is 0. The quantitative estimate of drug-likeness (QED) is 0.818. The van der Waals surface area contributed by atoms with Crippen LogP contribution in [0.5, 0.6) is 0 Å². The fourth-order valence-electron chi connectivity index (χ4n) is 1.31. The van der Waals surface area contributed by atoms with E-state index < -0.39 is 17.8 Å². The molecule has 1 aromatic carbocycles. The second kappa shape index (κ2) is 4.59. The largest absolute Gasteiger partial charge is 0.416 e. The molecule has 0 aromatic heterocycles. The van der Waals surface area contributed by atoms with Crippen molar-refractivity contribution in [1.29, 1.82) is 0 Å². The summed E-state index contributed by atoms with van der Waals surface area (Å²) in [5, 5.41) is 0. The Morgan fingerprint density at radius 3 is 2.44 bits per heavy atom. The van der Waals surface area contributed by atoms with E-state index >= 15 is 0 Å². The van der Waals surface area contributed by atoms with Gasteiger partial charge >= 0.3 is 6.18 Å². The predicted molar refractivity (Wildman–Crippen MR) is 60.9 cm³/mol. The van der Waals surface area contributed by atoms with E-state index in [0.717, 1.165) is 6.07 Å². The molecule has 1 aromatic rings. The Kier molecular flexibility index (Phi) is 3.80. The van der Waals surface area contributed by atoms with Crippen molar-refractivity contribution in [1.82, 2.24) is 0 Å². The van der Waals surface area contributed by atoms with Crippen LogP contribution in [-0.4, -0.2) is 0 Å². The van der Waals surface area contributed by atoms with Crippen LogP contribution < -0.4 is 5.73 Å². The lowest BCUT2D eigenvalue weighted by Gasteiger charge is -2.18. The van der Waals surface area contributed by atoms with Crippen molar-refractivity contribution in [2.45, 2.75) is 19.1 Å². The summed E-state index contributed by atoms with van der Waals surface area (Å²) in [6.07, 6.45) is -4.41. The fourth-order valence-corrected chi connectivity index (χ4v) is 1.67. The van der Waals surface area contributed by atoms with Crippen LogP contribution in [-0.2, 0) is 6.18 Å². The fraction of sp³-hybridized carbons (Fsp3) is 0.273. The van der Waals surface area contributed by atoms with Crippen molar-refractivity contribution >= 4 is 15.9 Å². The Balaban J connectivity index is 3.34. The summed E-state index contributed by atoms with van der Waals surface area (Å²) in [7, 11) is 0. The van der Waals surface area contributed by atoms with Gasteiger partial charge in [0.2, 0.25) is 0 Å². The van der Waals surface area contributed by atoms with E-state index in [-0.39, 0.29) is 5.56 Å². The molecule has 1 atom stereocenters. The molecular formula is C11H11BrF3N. The minimum absolute atomic E-state index is 0.0446. The number of nitrogens with two attached hydrogens (primary N) is 1. The van der Waals surface area contributed by atoms with E-state index in [2.05, 4.69) is 22.5 Å². The van der Waals surface area contributed by atoms with Crippen LogP contribution in [0.3, 0.4) is 0 Å². The monoisotopic (exact) mass is 293 g/mol. The Morgan fingerprint density at radius 2 is 2.00 bits per heavy atom. The molecule has 0 fully saturated rings. The maximum atomic E-state index is 12.7. The first-order valence-electron chi connectivity index (χ1n) is 4.51. The van der Waals surface area contributed by atoms with Gasteiger partial charge in [-0.2, -0.15) is 13.2 Å². The first-order chi connectivity index (χ1) is 7.23. The second-order valence-electron chi connectivity index (χ2n) is 3.55. The molecule has 1 rings (SSSR count). The minimum Gasteiger partial charge on any atom is -0.321 e. The van der Waals surface area contributed by atoms with Gasteiger partial charge in [-0.05, 0) is 24.6 Å². The summed E-state index contributed by atoms with van der Waals surface area (Å²) in [6, 6.07) is 3.13. The number of benzene rings is 1. The maximum absolute atomic E-state index is 12.7. The number of halogens is 4. The van der Waals surface area contributed by atoms with Crippen LogP contribution in [0.15, 0.2) is 34.8 Å². The zero-order valence-corrected chi connectivity index (χ0v) is 10.2. The van der Waals surface area contributed by atoms with Gasteiger partial charge in [0, 0.05) is 4.47 Å². The van der Waals surface area contributed by atoms with Crippen LogP contribution in [0.25, 0.3) is 0 Å². The Hall–Kier alpha value is -0.810. The number of hydrogen-bond acceptors (Lipinski definition) is 1. The average Bonchev–Trinajstić information content (AvgIpc) is 2.15. The van der Waals surface area contributed by atoms with E-state index in [4.69, 9.17) is 5.73 Å². The molecule has 0 spiro atoms. The Bertz CT molecular complexity index is 412. The third-order valence-corrected chi connectivity index (χ3v) is 2.68. The van der Waals surface area contributed by atoms with Gasteiger partial charge in [0.15, 0.2) is 0 Å². The van der Waals surface area contributed by atoms with Gasteiger partial charge in [-0.15, -0.1) is 0 Å². The van der Waals surface area contributed by atoms with E-state index in [1.165, 1.54) is 12.1 Å². The van der Waals surface area contributed by atoms with Crippen LogP contribution in [0.2, 0.25) is 0 Å². The molecule has 88 valence electrons. The van der Waals surface area contributed by atoms with Gasteiger partial charge in [-0.1, -0.05) is 34.1 Å². The first kappa shape index (κ1) is 13.3. The first-order valence-corrected chi connectivity index (χ1v) is 5.30. The van der Waals surface area contributed by atoms with Crippen molar-refractivity contribution in [3.63, 3.8) is 0 Å². The highest BCUT2D eigenvalue weighted by Crippen LogP contribution is 2.37. The molecule has 0 aliphatic rings. The number of rotatable bonds is 2. The van der Waals surface area contributed by atoms with Crippen molar-refractivity contribution in [3.05, 3.63) is 46.0 Å². The van der Waals surface area contributed by atoms with Crippen molar-refractivity contribution < 1.29 is 13.2 Å². The van der Waals surface area contributed by atoms with Crippen molar-refractivity contribution in [2.75, 3.05) is 0 Å². The van der Waals surface area contributed by atoms with Crippen LogP contribution >= 0.6 is 15.9 Å². The molecule has 0 heterocycles. The molecule has 0 aliphatic carbocycles. The van der Waals surface area contributed by atoms with Crippen molar-refractivity contribution in [2.24, 2.45) is 5.73 Å². The van der Waals surface area contributed by atoms with E-state index in [9.17, 15) is 13.2 Å². The average molecular weight is 294 g/mol. The molecule has 0 saturated heterocycles. The van der Waals surface area contributed by atoms with Gasteiger partial charge < -0.3 is 5.73 Å². The summed E-state index contributed by atoms with van der Waals surface area (Å²) in [5.41, 5.74) is 5.48. The molecule has 2 N–H and O–H groups in total. The topological polar surface area (TPSA) is 26.0 Å². The lowest BCUT2D eigenvalue weighted by molar-refractivity contribution is -0.138. The zero-order valence-electron chi connectivity index (χ0n) is 8.61. The second-order valence-corrected chi connectivity index (χ2v) is 4.47. The molecule has 1 unspecified atom stereocenters. The lowest BCUT2D eigenvalue weighted by atomic mass is 9.96. The summed E-state index contributed by atoms with van der Waals surface area (Å²) < 4.78 is 38.6. The third-order valence-electron chi connectivity index (χ3n) is 2.19. The predicted octanol–water partition coefficient (Wildman–Crippen LogP) is 4.04.